The van der Waals surface area contributed by atoms with Crippen molar-refractivity contribution in [1.29, 1.82) is 0 Å². The Morgan fingerprint density at radius 1 is 1.02 bits per heavy atom. The molecule has 7 rings (SSSR count). The van der Waals surface area contributed by atoms with Gasteiger partial charge in [0.25, 0.3) is 0 Å². The number of carbonyl (C=O) groups excluding carboxylic acids is 1. The summed E-state index contributed by atoms with van der Waals surface area (Å²) < 4.78 is 11.6. The van der Waals surface area contributed by atoms with Crippen molar-refractivity contribution < 1.29 is 18.7 Å². The lowest BCUT2D eigenvalue weighted by Gasteiger charge is -2.47. The van der Waals surface area contributed by atoms with Crippen LogP contribution in [0.3, 0.4) is 0 Å². The van der Waals surface area contributed by atoms with Crippen LogP contribution in [0.25, 0.3) is 43.8 Å². The van der Waals surface area contributed by atoms with E-state index in [1.165, 1.54) is 5.39 Å². The summed E-state index contributed by atoms with van der Waals surface area (Å²) in [5.41, 5.74) is 3.55. The van der Waals surface area contributed by atoms with E-state index in [2.05, 4.69) is 30.3 Å². The fourth-order valence-electron chi connectivity index (χ4n) is 6.97. The van der Waals surface area contributed by atoms with Gasteiger partial charge in [-0.25, -0.2) is 4.79 Å². The number of benzene rings is 3. The molecule has 2 unspecified atom stereocenters. The number of rotatable bonds is 4. The number of amides is 1. The van der Waals surface area contributed by atoms with E-state index >= 15 is 0 Å². The van der Waals surface area contributed by atoms with Crippen molar-refractivity contribution in [3.05, 3.63) is 82.4 Å². The molecule has 0 radical (unpaired) electrons. The SMILES string of the molecule is Cc1c(CCC(=O)N2CCC3(O)CCCCC3C2)c(=O)oc2cc3occ(-c4ccc5ccccc5c4)c3cc12. The molecule has 6 nitrogen and oxygen atoms in total. The van der Waals surface area contributed by atoms with Crippen LogP contribution >= 0.6 is 0 Å². The Morgan fingerprint density at radius 2 is 1.88 bits per heavy atom. The van der Waals surface area contributed by atoms with Crippen molar-refractivity contribution in [2.45, 2.75) is 57.5 Å². The Hall–Kier alpha value is -3.90. The van der Waals surface area contributed by atoms with Crippen molar-refractivity contribution in [2.24, 2.45) is 5.92 Å². The lowest BCUT2D eigenvalue weighted by atomic mass is 9.71. The molecule has 2 aliphatic rings. The van der Waals surface area contributed by atoms with Crippen molar-refractivity contribution in [3.8, 4) is 11.1 Å². The smallest absolute Gasteiger partial charge is 0.339 e. The standard InChI is InChI=1S/C34H33NO5/c1-21-26(11-12-32(36)35-15-14-34(38)13-5-4-8-25(34)19-35)33(37)40-31-18-30-28(17-27(21)31)29(20-39-30)24-10-9-22-6-2-3-7-23(22)16-24/h2-3,6-7,9-10,16-18,20,25,38H,4-5,8,11-15,19H2,1H3. The van der Waals surface area contributed by atoms with Gasteiger partial charge < -0.3 is 18.8 Å². The second-order valence-electron chi connectivity index (χ2n) is 11.7. The first kappa shape index (κ1) is 25.1. The van der Waals surface area contributed by atoms with Crippen LogP contribution in [0.15, 0.2) is 74.5 Å². The predicted molar refractivity (Wildman–Crippen MR) is 156 cm³/mol. The summed E-state index contributed by atoms with van der Waals surface area (Å²) in [7, 11) is 0. The first-order chi connectivity index (χ1) is 19.4. The molecule has 2 fully saturated rings. The number of hydrogen-bond donors (Lipinski definition) is 1. The number of nitrogens with zero attached hydrogens (tertiary/aromatic N) is 1. The minimum Gasteiger partial charge on any atom is -0.464 e. The predicted octanol–water partition coefficient (Wildman–Crippen LogP) is 6.75. The molecule has 1 N–H and O–H groups in total. The topological polar surface area (TPSA) is 83.9 Å². The number of hydrogen-bond acceptors (Lipinski definition) is 5. The molecular weight excluding hydrogens is 502 g/mol. The highest BCUT2D eigenvalue weighted by Crippen LogP contribution is 2.40. The summed E-state index contributed by atoms with van der Waals surface area (Å²) in [5, 5.41) is 15.1. The zero-order valence-corrected chi connectivity index (χ0v) is 22.7. The number of furan rings is 1. The van der Waals surface area contributed by atoms with Gasteiger partial charge >= 0.3 is 5.63 Å². The summed E-state index contributed by atoms with van der Waals surface area (Å²) in [6.45, 7) is 3.12. The molecule has 1 aliphatic heterocycles. The third-order valence-corrected chi connectivity index (χ3v) is 9.41. The van der Waals surface area contributed by atoms with Crippen LogP contribution in [-0.2, 0) is 11.2 Å². The van der Waals surface area contributed by atoms with Crippen LogP contribution in [0.4, 0.5) is 0 Å². The first-order valence-corrected chi connectivity index (χ1v) is 14.4. The zero-order valence-electron chi connectivity index (χ0n) is 22.7. The van der Waals surface area contributed by atoms with Crippen LogP contribution in [0.1, 0.15) is 49.7 Å². The molecule has 1 aliphatic carbocycles. The van der Waals surface area contributed by atoms with Crippen molar-refractivity contribution in [3.63, 3.8) is 0 Å². The van der Waals surface area contributed by atoms with Crippen molar-refractivity contribution in [2.75, 3.05) is 13.1 Å². The van der Waals surface area contributed by atoms with Crippen LogP contribution in [0, 0.1) is 12.8 Å². The number of aryl methyl sites for hydroxylation is 1. The number of aliphatic hydroxyl groups is 1. The Kier molecular flexibility index (Phi) is 6.04. The van der Waals surface area contributed by atoms with E-state index in [-0.39, 0.29) is 18.2 Å². The molecule has 3 aromatic carbocycles. The number of likely N-dealkylation sites (tertiary alicyclic amines) is 1. The average molecular weight is 536 g/mol. The van der Waals surface area contributed by atoms with Crippen molar-refractivity contribution in [1.82, 2.24) is 4.90 Å². The van der Waals surface area contributed by atoms with Gasteiger partial charge in [0, 0.05) is 53.4 Å². The monoisotopic (exact) mass is 535 g/mol. The molecule has 5 aromatic rings. The van der Waals surface area contributed by atoms with Gasteiger partial charge in [-0.1, -0.05) is 49.2 Å². The number of fused-ring (bicyclic) bond motifs is 4. The van der Waals surface area contributed by atoms with E-state index in [1.54, 1.807) is 12.3 Å². The zero-order chi connectivity index (χ0) is 27.4. The number of carbonyl (C=O) groups is 1. The average Bonchev–Trinajstić information content (AvgIpc) is 3.38. The summed E-state index contributed by atoms with van der Waals surface area (Å²) in [6.07, 6.45) is 6.95. The van der Waals surface area contributed by atoms with Crippen LogP contribution in [0.5, 0.6) is 0 Å². The number of piperidine rings is 1. The Morgan fingerprint density at radius 3 is 2.75 bits per heavy atom. The molecule has 2 atom stereocenters. The molecule has 0 bridgehead atoms. The van der Waals surface area contributed by atoms with Gasteiger partial charge in [-0.3, -0.25) is 4.79 Å². The van der Waals surface area contributed by atoms with Gasteiger partial charge in [0.05, 0.1) is 11.9 Å². The van der Waals surface area contributed by atoms with E-state index in [1.807, 2.05) is 30.0 Å². The summed E-state index contributed by atoms with van der Waals surface area (Å²) >= 11 is 0. The molecule has 204 valence electrons. The second kappa shape index (κ2) is 9.63. The highest BCUT2D eigenvalue weighted by molar-refractivity contribution is 6.03. The van der Waals surface area contributed by atoms with Crippen LogP contribution < -0.4 is 5.63 Å². The van der Waals surface area contributed by atoms with E-state index in [0.29, 0.717) is 42.7 Å². The maximum absolute atomic E-state index is 13.2. The molecule has 0 spiro atoms. The Bertz CT molecular complexity index is 1830. The molecule has 1 saturated heterocycles. The van der Waals surface area contributed by atoms with Crippen LogP contribution in [-0.4, -0.2) is 34.6 Å². The second-order valence-corrected chi connectivity index (χ2v) is 11.7. The third kappa shape index (κ3) is 4.22. The normalized spacial score (nSPS) is 21.2. The first-order valence-electron chi connectivity index (χ1n) is 14.4. The lowest BCUT2D eigenvalue weighted by molar-refractivity contribution is -0.143. The summed E-state index contributed by atoms with van der Waals surface area (Å²) in [5.74, 6) is 0.191. The molecule has 6 heteroatoms. The van der Waals surface area contributed by atoms with Crippen LogP contribution in [0.2, 0.25) is 0 Å². The van der Waals surface area contributed by atoms with E-state index in [4.69, 9.17) is 8.83 Å². The minimum atomic E-state index is -0.616. The highest BCUT2D eigenvalue weighted by atomic mass is 16.4. The lowest BCUT2D eigenvalue weighted by Crippen LogP contribution is -2.54. The molecule has 3 heterocycles. The Balaban J connectivity index is 1.17. The van der Waals surface area contributed by atoms with Gasteiger partial charge in [-0.15, -0.1) is 0 Å². The summed E-state index contributed by atoms with van der Waals surface area (Å²) in [4.78, 5) is 28.1. The van der Waals surface area contributed by atoms with Gasteiger partial charge in [0.2, 0.25) is 5.91 Å². The quantitative estimate of drug-likeness (QED) is 0.257. The fourth-order valence-corrected chi connectivity index (χ4v) is 6.97. The van der Waals surface area contributed by atoms with E-state index in [0.717, 1.165) is 58.5 Å². The molecular formula is C34H33NO5. The largest absolute Gasteiger partial charge is 0.464 e. The summed E-state index contributed by atoms with van der Waals surface area (Å²) in [6, 6.07) is 18.5. The molecule has 1 amide bonds. The van der Waals surface area contributed by atoms with Gasteiger partial charge in [0.1, 0.15) is 11.2 Å². The molecule has 1 saturated carbocycles. The van der Waals surface area contributed by atoms with E-state index in [9.17, 15) is 14.7 Å². The Labute approximate surface area is 232 Å². The maximum Gasteiger partial charge on any atom is 0.339 e. The fraction of sp³-hybridized carbons (Fsp3) is 0.353. The van der Waals surface area contributed by atoms with Crippen molar-refractivity contribution >= 4 is 38.6 Å². The minimum absolute atomic E-state index is 0.0374. The van der Waals surface area contributed by atoms with Gasteiger partial charge in [-0.05, 0) is 66.6 Å². The van der Waals surface area contributed by atoms with E-state index < -0.39 is 11.2 Å². The van der Waals surface area contributed by atoms with Gasteiger partial charge in [-0.2, -0.15) is 0 Å². The molecule has 2 aromatic heterocycles. The highest BCUT2D eigenvalue weighted by Gasteiger charge is 2.43. The molecule has 40 heavy (non-hydrogen) atoms. The maximum atomic E-state index is 13.2. The van der Waals surface area contributed by atoms with Gasteiger partial charge in [0.15, 0.2) is 0 Å². The third-order valence-electron chi connectivity index (χ3n) is 9.41.